The van der Waals surface area contributed by atoms with Crippen molar-refractivity contribution >= 4 is 28.9 Å². The molecule has 0 saturated carbocycles. The summed E-state index contributed by atoms with van der Waals surface area (Å²) in [6.45, 7) is 0. The molecule has 1 aliphatic heterocycles. The first-order valence-electron chi connectivity index (χ1n) is 6.57. The number of nitrogens with zero attached hydrogens (tertiary/aromatic N) is 1. The molecule has 1 N–H and O–H groups in total. The van der Waals surface area contributed by atoms with Crippen LogP contribution in [0.15, 0.2) is 59.8 Å². The highest BCUT2D eigenvalue weighted by molar-refractivity contribution is 6.30. The molecule has 3 rings (SSSR count). The van der Waals surface area contributed by atoms with Crippen molar-refractivity contribution in [1.82, 2.24) is 0 Å². The molecule has 0 radical (unpaired) electrons. The smallest absolute Gasteiger partial charge is 0.268 e. The molecular weight excluding hydrogens is 288 g/mol. The van der Waals surface area contributed by atoms with E-state index < -0.39 is 6.10 Å². The Bertz CT molecular complexity index is 686. The Morgan fingerprint density at radius 3 is 2.76 bits per heavy atom. The van der Waals surface area contributed by atoms with Gasteiger partial charge >= 0.3 is 0 Å². The van der Waals surface area contributed by atoms with E-state index in [0.717, 1.165) is 11.3 Å². The fourth-order valence-corrected chi connectivity index (χ4v) is 2.30. The van der Waals surface area contributed by atoms with E-state index in [1.807, 2.05) is 30.3 Å². The Balaban J connectivity index is 1.64. The SMILES string of the molecule is O=C(Nc1cccc(Cl)c1)[C@@H]1CC(c2ccccc2)=NO1. The number of hydrogen-bond donors (Lipinski definition) is 1. The summed E-state index contributed by atoms with van der Waals surface area (Å²) in [7, 11) is 0. The van der Waals surface area contributed by atoms with Gasteiger partial charge in [-0.3, -0.25) is 4.79 Å². The van der Waals surface area contributed by atoms with Crippen LogP contribution >= 0.6 is 11.6 Å². The van der Waals surface area contributed by atoms with Crippen molar-refractivity contribution in [3.05, 3.63) is 65.2 Å². The quantitative estimate of drug-likeness (QED) is 0.943. The molecule has 0 aromatic heterocycles. The average molecular weight is 301 g/mol. The first-order chi connectivity index (χ1) is 10.2. The lowest BCUT2D eigenvalue weighted by molar-refractivity contribution is -0.125. The maximum Gasteiger partial charge on any atom is 0.268 e. The number of carbonyl (C=O) groups excluding carboxylic acids is 1. The van der Waals surface area contributed by atoms with Crippen LogP contribution in [0.3, 0.4) is 0 Å². The van der Waals surface area contributed by atoms with Gasteiger partial charge in [0.15, 0.2) is 0 Å². The zero-order valence-electron chi connectivity index (χ0n) is 11.1. The van der Waals surface area contributed by atoms with Crippen LogP contribution in [0.5, 0.6) is 0 Å². The summed E-state index contributed by atoms with van der Waals surface area (Å²) in [6.07, 6.45) is -0.157. The lowest BCUT2D eigenvalue weighted by Crippen LogP contribution is -2.28. The predicted octanol–water partition coefficient (Wildman–Crippen LogP) is 3.47. The van der Waals surface area contributed by atoms with Gasteiger partial charge in [0.05, 0.1) is 5.71 Å². The summed E-state index contributed by atoms with van der Waals surface area (Å²) in [6, 6.07) is 16.7. The molecule has 5 heteroatoms. The summed E-state index contributed by atoms with van der Waals surface area (Å²) in [5.41, 5.74) is 2.39. The monoisotopic (exact) mass is 300 g/mol. The number of rotatable bonds is 3. The number of benzene rings is 2. The third-order valence-corrected chi connectivity index (χ3v) is 3.40. The normalized spacial score (nSPS) is 17.0. The number of halogens is 1. The topological polar surface area (TPSA) is 50.7 Å². The summed E-state index contributed by atoms with van der Waals surface area (Å²) in [5.74, 6) is -0.230. The molecule has 1 amide bonds. The van der Waals surface area contributed by atoms with Gasteiger partial charge in [-0.25, -0.2) is 0 Å². The lowest BCUT2D eigenvalue weighted by atomic mass is 10.0. The van der Waals surface area contributed by atoms with Gasteiger partial charge in [0.2, 0.25) is 6.10 Å². The largest absolute Gasteiger partial charge is 0.382 e. The highest BCUT2D eigenvalue weighted by Gasteiger charge is 2.28. The number of oxime groups is 1. The van der Waals surface area contributed by atoms with E-state index in [2.05, 4.69) is 10.5 Å². The molecule has 2 aromatic carbocycles. The Morgan fingerprint density at radius 2 is 2.00 bits per heavy atom. The molecule has 1 aliphatic rings. The van der Waals surface area contributed by atoms with Gasteiger partial charge in [0.25, 0.3) is 5.91 Å². The molecule has 1 atom stereocenters. The number of anilines is 1. The minimum atomic E-state index is -0.612. The van der Waals surface area contributed by atoms with Gasteiger partial charge in [-0.2, -0.15) is 0 Å². The van der Waals surface area contributed by atoms with Crippen LogP contribution in [0.25, 0.3) is 0 Å². The van der Waals surface area contributed by atoms with Gasteiger partial charge < -0.3 is 10.2 Å². The molecule has 0 spiro atoms. The summed E-state index contributed by atoms with van der Waals surface area (Å²) in [4.78, 5) is 17.4. The highest BCUT2D eigenvalue weighted by Crippen LogP contribution is 2.19. The van der Waals surface area contributed by atoms with Gasteiger partial charge in [0, 0.05) is 17.1 Å². The van der Waals surface area contributed by atoms with Crippen LogP contribution in [0.2, 0.25) is 5.02 Å². The zero-order valence-corrected chi connectivity index (χ0v) is 11.9. The van der Waals surface area contributed by atoms with E-state index in [9.17, 15) is 4.79 Å². The Labute approximate surface area is 127 Å². The average Bonchev–Trinajstić information content (AvgIpc) is 2.98. The van der Waals surface area contributed by atoms with E-state index in [4.69, 9.17) is 16.4 Å². The zero-order chi connectivity index (χ0) is 14.7. The summed E-state index contributed by atoms with van der Waals surface area (Å²) in [5, 5.41) is 7.34. The van der Waals surface area contributed by atoms with E-state index in [-0.39, 0.29) is 5.91 Å². The molecule has 21 heavy (non-hydrogen) atoms. The second kappa shape index (κ2) is 5.97. The van der Waals surface area contributed by atoms with Crippen LogP contribution < -0.4 is 5.32 Å². The third kappa shape index (κ3) is 3.23. The molecule has 2 aromatic rings. The van der Waals surface area contributed by atoms with Crippen LogP contribution in [0.1, 0.15) is 12.0 Å². The van der Waals surface area contributed by atoms with E-state index in [0.29, 0.717) is 17.1 Å². The summed E-state index contributed by atoms with van der Waals surface area (Å²) < 4.78 is 0. The van der Waals surface area contributed by atoms with Gasteiger partial charge in [-0.15, -0.1) is 0 Å². The minimum Gasteiger partial charge on any atom is -0.382 e. The fraction of sp³-hybridized carbons (Fsp3) is 0.125. The van der Waals surface area contributed by atoms with Crippen LogP contribution in [0.4, 0.5) is 5.69 Å². The maximum atomic E-state index is 12.2. The number of nitrogens with one attached hydrogen (secondary N) is 1. The number of amides is 1. The van der Waals surface area contributed by atoms with E-state index in [1.165, 1.54) is 0 Å². The molecule has 0 saturated heterocycles. The van der Waals surface area contributed by atoms with E-state index >= 15 is 0 Å². The molecule has 0 fully saturated rings. The maximum absolute atomic E-state index is 12.2. The van der Waals surface area contributed by atoms with Crippen molar-refractivity contribution in [2.24, 2.45) is 5.16 Å². The molecule has 106 valence electrons. The molecule has 1 heterocycles. The van der Waals surface area contributed by atoms with E-state index in [1.54, 1.807) is 24.3 Å². The first-order valence-corrected chi connectivity index (χ1v) is 6.95. The number of carbonyl (C=O) groups is 1. The molecule has 0 aliphatic carbocycles. The number of hydrogen-bond acceptors (Lipinski definition) is 3. The fourth-order valence-electron chi connectivity index (χ4n) is 2.11. The molecule has 0 unspecified atom stereocenters. The van der Waals surface area contributed by atoms with Crippen molar-refractivity contribution < 1.29 is 9.63 Å². The van der Waals surface area contributed by atoms with Crippen molar-refractivity contribution in [3.63, 3.8) is 0 Å². The van der Waals surface area contributed by atoms with Crippen LogP contribution in [-0.4, -0.2) is 17.7 Å². The Kier molecular flexibility index (Phi) is 3.88. The second-order valence-corrected chi connectivity index (χ2v) is 5.14. The van der Waals surface area contributed by atoms with Gasteiger partial charge in [-0.05, 0) is 23.8 Å². The minimum absolute atomic E-state index is 0.230. The van der Waals surface area contributed by atoms with Crippen molar-refractivity contribution in [3.8, 4) is 0 Å². The lowest BCUT2D eigenvalue weighted by Gasteiger charge is -2.09. The van der Waals surface area contributed by atoms with Crippen molar-refractivity contribution in [1.29, 1.82) is 0 Å². The molecule has 0 bridgehead atoms. The third-order valence-electron chi connectivity index (χ3n) is 3.16. The predicted molar refractivity (Wildman–Crippen MR) is 82.6 cm³/mol. The van der Waals surface area contributed by atoms with Crippen molar-refractivity contribution in [2.75, 3.05) is 5.32 Å². The standard InChI is InChI=1S/C16H13ClN2O2/c17-12-7-4-8-13(9-12)18-16(20)15-10-14(19-21-15)11-5-2-1-3-6-11/h1-9,15H,10H2,(H,18,20)/t15-/m0/s1. The Hall–Kier alpha value is -2.33. The van der Waals surface area contributed by atoms with Gasteiger partial charge in [0.1, 0.15) is 0 Å². The molecular formula is C16H13ClN2O2. The van der Waals surface area contributed by atoms with Crippen LogP contribution in [-0.2, 0) is 9.63 Å². The second-order valence-electron chi connectivity index (χ2n) is 4.70. The Morgan fingerprint density at radius 1 is 1.19 bits per heavy atom. The van der Waals surface area contributed by atoms with Gasteiger partial charge in [-0.1, -0.05) is 53.2 Å². The van der Waals surface area contributed by atoms with Crippen molar-refractivity contribution in [2.45, 2.75) is 12.5 Å². The first kappa shape index (κ1) is 13.6. The summed E-state index contributed by atoms with van der Waals surface area (Å²) >= 11 is 5.89. The van der Waals surface area contributed by atoms with Crippen LogP contribution in [0, 0.1) is 0 Å². The molecule has 4 nitrogen and oxygen atoms in total. The highest BCUT2D eigenvalue weighted by atomic mass is 35.5.